The number of aliphatic hydroxyl groups is 1. The molecule has 1 N–H and O–H groups in total. The highest BCUT2D eigenvalue weighted by atomic mass is 28.3. The topological polar surface area (TPSA) is 20.2 Å². The average Bonchev–Trinajstić information content (AvgIpc) is 2.09. The van der Waals surface area contributed by atoms with Gasteiger partial charge in [0.1, 0.15) is 8.07 Å². The van der Waals surface area contributed by atoms with Crippen LogP contribution in [-0.4, -0.2) is 19.3 Å². The van der Waals surface area contributed by atoms with Crippen LogP contribution in [-0.2, 0) is 0 Å². The zero-order valence-corrected chi connectivity index (χ0v) is 11.2. The summed E-state index contributed by atoms with van der Waals surface area (Å²) in [6.45, 7) is 10.8. The molecule has 0 aromatic rings. The second-order valence-corrected chi connectivity index (χ2v) is 9.77. The number of aliphatic hydroxyl groups excluding tert-OH is 1. The maximum atomic E-state index is 9.76. The van der Waals surface area contributed by atoms with Crippen LogP contribution in [0.15, 0.2) is 0 Å². The van der Waals surface area contributed by atoms with Gasteiger partial charge in [0, 0.05) is 5.92 Å². The Morgan fingerprint density at radius 1 is 1.29 bits per heavy atom. The summed E-state index contributed by atoms with van der Waals surface area (Å²) in [5.74, 6) is 3.33. The van der Waals surface area contributed by atoms with Crippen molar-refractivity contribution in [1.29, 1.82) is 0 Å². The van der Waals surface area contributed by atoms with E-state index in [-0.39, 0.29) is 12.0 Å². The number of rotatable bonds is 4. The summed E-state index contributed by atoms with van der Waals surface area (Å²) in [5, 5.41) is 9.76. The van der Waals surface area contributed by atoms with E-state index in [0.29, 0.717) is 0 Å². The fraction of sp³-hybridized carbons (Fsp3) is 0.833. The van der Waals surface area contributed by atoms with Crippen LogP contribution in [0.3, 0.4) is 0 Å². The molecule has 0 aliphatic carbocycles. The SMILES string of the molecule is CCCC[C@@H](O)[C@H](C)C#C[Si](C)(C)C. The van der Waals surface area contributed by atoms with E-state index in [2.05, 4.69) is 38.0 Å². The molecule has 0 saturated heterocycles. The summed E-state index contributed by atoms with van der Waals surface area (Å²) in [4.78, 5) is 0. The highest BCUT2D eigenvalue weighted by Gasteiger charge is 2.12. The van der Waals surface area contributed by atoms with Crippen LogP contribution in [0.1, 0.15) is 33.1 Å². The Bertz CT molecular complexity index is 207. The zero-order chi connectivity index (χ0) is 11.2. The smallest absolute Gasteiger partial charge is 0.129 e. The van der Waals surface area contributed by atoms with Crippen LogP contribution in [0.5, 0.6) is 0 Å². The predicted molar refractivity (Wildman–Crippen MR) is 65.8 cm³/mol. The Labute approximate surface area is 89.9 Å². The van der Waals surface area contributed by atoms with Crippen molar-refractivity contribution in [2.75, 3.05) is 0 Å². The molecule has 2 heteroatoms. The number of hydrogen-bond acceptors (Lipinski definition) is 1. The standard InChI is InChI=1S/C12H24OSi/c1-6-7-8-12(13)11(2)9-10-14(3,4)5/h11-13H,6-8H2,1-5H3/t11-,12-/m1/s1. The minimum Gasteiger partial charge on any atom is -0.392 e. The molecule has 0 amide bonds. The van der Waals surface area contributed by atoms with Gasteiger partial charge >= 0.3 is 0 Å². The molecule has 0 aliphatic heterocycles. The van der Waals surface area contributed by atoms with Gasteiger partial charge in [0.2, 0.25) is 0 Å². The van der Waals surface area contributed by atoms with Crippen LogP contribution >= 0.6 is 0 Å². The Kier molecular flexibility index (Phi) is 6.15. The Balaban J connectivity index is 4.04. The van der Waals surface area contributed by atoms with E-state index in [4.69, 9.17) is 0 Å². The third kappa shape index (κ3) is 7.17. The van der Waals surface area contributed by atoms with Crippen molar-refractivity contribution in [2.24, 2.45) is 5.92 Å². The summed E-state index contributed by atoms with van der Waals surface area (Å²) in [6.07, 6.45) is 2.89. The molecule has 0 radical (unpaired) electrons. The van der Waals surface area contributed by atoms with Crippen molar-refractivity contribution in [3.05, 3.63) is 0 Å². The fourth-order valence-electron chi connectivity index (χ4n) is 1.09. The first-order chi connectivity index (χ1) is 6.37. The summed E-state index contributed by atoms with van der Waals surface area (Å²) in [5.41, 5.74) is 3.31. The monoisotopic (exact) mass is 212 g/mol. The second kappa shape index (κ2) is 6.26. The summed E-state index contributed by atoms with van der Waals surface area (Å²) < 4.78 is 0. The van der Waals surface area contributed by atoms with Gasteiger partial charge in [0.25, 0.3) is 0 Å². The largest absolute Gasteiger partial charge is 0.392 e. The Hall–Kier alpha value is -0.263. The Morgan fingerprint density at radius 2 is 1.86 bits per heavy atom. The summed E-state index contributed by atoms with van der Waals surface area (Å²) in [7, 11) is -1.27. The third-order valence-corrected chi connectivity index (χ3v) is 3.00. The molecule has 14 heavy (non-hydrogen) atoms. The van der Waals surface area contributed by atoms with E-state index in [1.807, 2.05) is 6.92 Å². The molecular weight excluding hydrogens is 188 g/mol. The van der Waals surface area contributed by atoms with Crippen molar-refractivity contribution >= 4 is 8.07 Å². The molecule has 1 nitrogen and oxygen atoms in total. The third-order valence-electron chi connectivity index (χ3n) is 2.11. The minimum absolute atomic E-state index is 0.133. The molecule has 0 aromatic heterocycles. The van der Waals surface area contributed by atoms with Crippen molar-refractivity contribution < 1.29 is 5.11 Å². The van der Waals surface area contributed by atoms with Crippen LogP contribution in [0, 0.1) is 17.4 Å². The molecule has 0 unspecified atom stereocenters. The lowest BCUT2D eigenvalue weighted by atomic mass is 10.0. The molecule has 0 rings (SSSR count). The van der Waals surface area contributed by atoms with E-state index in [0.717, 1.165) is 19.3 Å². The van der Waals surface area contributed by atoms with E-state index < -0.39 is 8.07 Å². The summed E-state index contributed by atoms with van der Waals surface area (Å²) >= 11 is 0. The lowest BCUT2D eigenvalue weighted by Gasteiger charge is -2.13. The number of hydrogen-bond donors (Lipinski definition) is 1. The van der Waals surface area contributed by atoms with Crippen LogP contribution < -0.4 is 0 Å². The van der Waals surface area contributed by atoms with Crippen LogP contribution in [0.4, 0.5) is 0 Å². The molecule has 0 spiro atoms. The molecule has 0 saturated carbocycles. The second-order valence-electron chi connectivity index (χ2n) is 5.02. The van der Waals surface area contributed by atoms with Crippen molar-refractivity contribution in [3.8, 4) is 11.5 Å². The molecule has 0 heterocycles. The van der Waals surface area contributed by atoms with Gasteiger partial charge in [-0.3, -0.25) is 0 Å². The first kappa shape index (κ1) is 13.7. The zero-order valence-electron chi connectivity index (χ0n) is 10.2. The van der Waals surface area contributed by atoms with Gasteiger partial charge in [-0.2, -0.15) is 0 Å². The maximum absolute atomic E-state index is 9.76. The molecule has 2 atom stereocenters. The lowest BCUT2D eigenvalue weighted by molar-refractivity contribution is 0.129. The lowest BCUT2D eigenvalue weighted by Crippen LogP contribution is -2.20. The first-order valence-electron chi connectivity index (χ1n) is 5.57. The highest BCUT2D eigenvalue weighted by molar-refractivity contribution is 6.83. The number of unbranched alkanes of at least 4 members (excludes halogenated alkanes) is 1. The molecule has 0 bridgehead atoms. The highest BCUT2D eigenvalue weighted by Crippen LogP contribution is 2.10. The molecule has 0 fully saturated rings. The minimum atomic E-state index is -1.27. The van der Waals surface area contributed by atoms with E-state index >= 15 is 0 Å². The van der Waals surface area contributed by atoms with Crippen molar-refractivity contribution in [2.45, 2.75) is 58.9 Å². The van der Waals surface area contributed by atoms with Gasteiger partial charge in [-0.15, -0.1) is 11.5 Å². The fourth-order valence-corrected chi connectivity index (χ4v) is 1.75. The van der Waals surface area contributed by atoms with E-state index in [1.54, 1.807) is 0 Å². The van der Waals surface area contributed by atoms with Gasteiger partial charge in [-0.25, -0.2) is 0 Å². The molecule has 0 aromatic carbocycles. The average molecular weight is 212 g/mol. The van der Waals surface area contributed by atoms with E-state index in [9.17, 15) is 5.11 Å². The van der Waals surface area contributed by atoms with Crippen molar-refractivity contribution in [3.63, 3.8) is 0 Å². The quantitative estimate of drug-likeness (QED) is 0.561. The molecular formula is C12H24OSi. The van der Waals surface area contributed by atoms with Gasteiger partial charge < -0.3 is 5.11 Å². The normalized spacial score (nSPS) is 15.6. The van der Waals surface area contributed by atoms with Crippen molar-refractivity contribution in [1.82, 2.24) is 0 Å². The molecule has 82 valence electrons. The van der Waals surface area contributed by atoms with Gasteiger partial charge in [0.05, 0.1) is 6.10 Å². The molecule has 0 aliphatic rings. The van der Waals surface area contributed by atoms with Gasteiger partial charge in [-0.1, -0.05) is 39.4 Å². The maximum Gasteiger partial charge on any atom is 0.129 e. The van der Waals surface area contributed by atoms with E-state index in [1.165, 1.54) is 0 Å². The predicted octanol–water partition coefficient (Wildman–Crippen LogP) is 3.05. The summed E-state index contributed by atoms with van der Waals surface area (Å²) in [6, 6.07) is 0. The first-order valence-corrected chi connectivity index (χ1v) is 9.07. The van der Waals surface area contributed by atoms with Gasteiger partial charge in [0.15, 0.2) is 0 Å². The Morgan fingerprint density at radius 3 is 2.29 bits per heavy atom. The van der Waals surface area contributed by atoms with Gasteiger partial charge in [-0.05, 0) is 13.3 Å². The van der Waals surface area contributed by atoms with Crippen LogP contribution in [0.25, 0.3) is 0 Å². The van der Waals surface area contributed by atoms with Crippen LogP contribution in [0.2, 0.25) is 19.6 Å².